The van der Waals surface area contributed by atoms with Crippen LogP contribution in [0, 0.1) is 0 Å². The highest BCUT2D eigenvalue weighted by Crippen LogP contribution is 2.37. The van der Waals surface area contributed by atoms with Crippen molar-refractivity contribution in [1.29, 1.82) is 0 Å². The summed E-state index contributed by atoms with van der Waals surface area (Å²) in [4.78, 5) is 11.0. The van der Waals surface area contributed by atoms with Gasteiger partial charge < -0.3 is 14.6 Å². The van der Waals surface area contributed by atoms with E-state index in [4.69, 9.17) is 4.74 Å². The molecule has 24 heavy (non-hydrogen) atoms. The maximum Gasteiger partial charge on any atom is 0.435 e. The van der Waals surface area contributed by atoms with Gasteiger partial charge in [0.15, 0.2) is 5.69 Å². The van der Waals surface area contributed by atoms with Gasteiger partial charge in [0.25, 0.3) is 0 Å². The molecule has 1 aromatic carbocycles. The third kappa shape index (κ3) is 3.44. The molecule has 11 heteroatoms. The van der Waals surface area contributed by atoms with Gasteiger partial charge in [0.05, 0.1) is 17.1 Å². The van der Waals surface area contributed by atoms with Gasteiger partial charge in [-0.1, -0.05) is 6.07 Å². The van der Waals surface area contributed by atoms with Crippen LogP contribution in [-0.2, 0) is 19.4 Å². The molecule has 130 valence electrons. The van der Waals surface area contributed by atoms with Gasteiger partial charge in [-0.25, -0.2) is 4.68 Å². The maximum absolute atomic E-state index is 12.8. The summed E-state index contributed by atoms with van der Waals surface area (Å²) in [6.07, 6.45) is -9.82. The van der Waals surface area contributed by atoms with Crippen molar-refractivity contribution >= 4 is 5.97 Å². The first kappa shape index (κ1) is 17.6. The fourth-order valence-corrected chi connectivity index (χ4v) is 1.86. The number of aromatic carboxylic acids is 1. The summed E-state index contributed by atoms with van der Waals surface area (Å²) >= 11 is 0. The van der Waals surface area contributed by atoms with E-state index in [1.54, 1.807) is 0 Å². The van der Waals surface area contributed by atoms with Crippen LogP contribution in [0.5, 0.6) is 11.6 Å². The van der Waals surface area contributed by atoms with Crippen LogP contribution in [0.25, 0.3) is 0 Å². The Morgan fingerprint density at radius 2 is 1.79 bits per heavy atom. The van der Waals surface area contributed by atoms with Crippen molar-refractivity contribution in [3.63, 3.8) is 0 Å². The molecule has 0 bridgehead atoms. The minimum absolute atomic E-state index is 0.453. The van der Waals surface area contributed by atoms with Crippen molar-refractivity contribution in [3.05, 3.63) is 41.1 Å². The first-order valence-corrected chi connectivity index (χ1v) is 6.12. The average Bonchev–Trinajstić information content (AvgIpc) is 2.76. The van der Waals surface area contributed by atoms with Crippen molar-refractivity contribution < 1.29 is 41.0 Å². The summed E-state index contributed by atoms with van der Waals surface area (Å²) in [6, 6.07) is 3.21. The van der Waals surface area contributed by atoms with Gasteiger partial charge >= 0.3 is 12.4 Å². The molecule has 1 heterocycles. The first-order valence-electron chi connectivity index (χ1n) is 6.12. The monoisotopic (exact) mass is 353 g/mol. The van der Waals surface area contributed by atoms with Gasteiger partial charge in [-0.3, -0.25) is 0 Å². The third-order valence-electron chi connectivity index (χ3n) is 2.84. The van der Waals surface area contributed by atoms with Gasteiger partial charge in [-0.2, -0.15) is 31.4 Å². The van der Waals surface area contributed by atoms with E-state index in [1.807, 2.05) is 0 Å². The molecule has 0 fully saturated rings. The highest BCUT2D eigenvalue weighted by atomic mass is 19.4. The fraction of sp³-hybridized carbons (Fsp3) is 0.231. The van der Waals surface area contributed by atoms with Crippen molar-refractivity contribution in [1.82, 2.24) is 9.78 Å². The van der Waals surface area contributed by atoms with Crippen LogP contribution in [-0.4, -0.2) is 15.7 Å². The van der Waals surface area contributed by atoms with Gasteiger partial charge in [0.1, 0.15) is 5.75 Å². The molecule has 0 saturated heterocycles. The number of hydrogen-bond donors (Lipinski definition) is 0. The van der Waals surface area contributed by atoms with Crippen LogP contribution in [0.4, 0.5) is 26.3 Å². The molecular weight excluding hydrogens is 346 g/mol. The summed E-state index contributed by atoms with van der Waals surface area (Å²) in [5.74, 6) is -3.64. The molecule has 0 radical (unpaired) electrons. The molecule has 2 aromatic rings. The largest absolute Gasteiger partial charge is 0.545 e. The van der Waals surface area contributed by atoms with Crippen LogP contribution in [0.1, 0.15) is 21.6 Å². The zero-order valence-corrected chi connectivity index (χ0v) is 11.7. The number of carbonyl (C=O) groups is 1. The smallest absolute Gasteiger partial charge is 0.435 e. The van der Waals surface area contributed by atoms with Crippen molar-refractivity contribution in [3.8, 4) is 11.6 Å². The summed E-state index contributed by atoms with van der Waals surface area (Å²) in [5.41, 5.74) is -4.29. The summed E-state index contributed by atoms with van der Waals surface area (Å²) in [7, 11) is 0.949. The van der Waals surface area contributed by atoms with Crippen LogP contribution >= 0.6 is 0 Å². The molecule has 0 aliphatic rings. The zero-order chi connectivity index (χ0) is 18.3. The normalized spacial score (nSPS) is 12.3. The van der Waals surface area contributed by atoms with E-state index in [0.29, 0.717) is 10.7 Å². The topological polar surface area (TPSA) is 67.2 Å². The fourth-order valence-electron chi connectivity index (χ4n) is 1.86. The first-order chi connectivity index (χ1) is 10.9. The molecule has 2 rings (SSSR count). The lowest BCUT2D eigenvalue weighted by Gasteiger charge is -2.12. The number of carbonyl (C=O) groups excluding carboxylic acids is 1. The third-order valence-corrected chi connectivity index (χ3v) is 2.84. The Labute approximate surface area is 130 Å². The Morgan fingerprint density at radius 3 is 2.29 bits per heavy atom. The van der Waals surface area contributed by atoms with E-state index in [9.17, 15) is 36.2 Å². The predicted molar refractivity (Wildman–Crippen MR) is 64.1 cm³/mol. The lowest BCUT2D eigenvalue weighted by atomic mass is 10.2. The molecule has 0 unspecified atom stereocenters. The zero-order valence-electron chi connectivity index (χ0n) is 11.7. The number of rotatable bonds is 3. The molecule has 0 saturated carbocycles. The number of alkyl halides is 6. The number of hydrogen-bond acceptors (Lipinski definition) is 4. The Morgan fingerprint density at radius 1 is 1.17 bits per heavy atom. The van der Waals surface area contributed by atoms with Gasteiger partial charge in [0.2, 0.25) is 5.88 Å². The van der Waals surface area contributed by atoms with Crippen LogP contribution in [0.15, 0.2) is 24.3 Å². The average molecular weight is 353 g/mol. The second-order valence-corrected chi connectivity index (χ2v) is 4.57. The second kappa shape index (κ2) is 5.73. The molecule has 0 aliphatic carbocycles. The maximum atomic E-state index is 12.8. The van der Waals surface area contributed by atoms with E-state index in [2.05, 4.69) is 5.10 Å². The lowest BCUT2D eigenvalue weighted by Crippen LogP contribution is -2.25. The standard InChI is InChI=1S/C13H8F6N2O3/c1-21-10(8(11(22)23)9(20-21)13(17,18)19)24-7-4-2-3-6(5-7)12(14,15)16/h2-5H,1H3,(H,22,23)/p-1. The van der Waals surface area contributed by atoms with Crippen molar-refractivity contribution in [2.75, 3.05) is 0 Å². The Balaban J connectivity index is 2.51. The molecule has 0 N–H and O–H groups in total. The Bertz CT molecular complexity index is 779. The van der Waals surface area contributed by atoms with Crippen LogP contribution in [0.2, 0.25) is 0 Å². The number of halogens is 6. The molecule has 0 amide bonds. The molecule has 5 nitrogen and oxygen atoms in total. The van der Waals surface area contributed by atoms with E-state index < -0.39 is 46.8 Å². The Hall–Kier alpha value is -2.72. The minimum Gasteiger partial charge on any atom is -0.545 e. The molecular formula is C13H7F6N2O3-. The van der Waals surface area contributed by atoms with Gasteiger partial charge in [-0.05, 0) is 18.2 Å². The quantitative estimate of drug-likeness (QED) is 0.796. The van der Waals surface area contributed by atoms with E-state index in [1.165, 1.54) is 0 Å². The molecule has 0 aliphatic heterocycles. The van der Waals surface area contributed by atoms with Crippen LogP contribution < -0.4 is 9.84 Å². The number of aromatic nitrogens is 2. The highest BCUT2D eigenvalue weighted by molar-refractivity contribution is 5.90. The number of carboxylic acid groups (broad SMARTS) is 1. The lowest BCUT2D eigenvalue weighted by molar-refractivity contribution is -0.255. The Kier molecular flexibility index (Phi) is 4.21. The number of ether oxygens (including phenoxy) is 1. The van der Waals surface area contributed by atoms with Gasteiger partial charge in [0, 0.05) is 7.05 Å². The van der Waals surface area contributed by atoms with Crippen LogP contribution in [0.3, 0.4) is 0 Å². The molecule has 1 aromatic heterocycles. The molecule has 0 spiro atoms. The van der Waals surface area contributed by atoms with Gasteiger partial charge in [-0.15, -0.1) is 0 Å². The number of benzene rings is 1. The highest BCUT2D eigenvalue weighted by Gasteiger charge is 2.40. The number of aryl methyl sites for hydroxylation is 1. The van der Waals surface area contributed by atoms with Crippen molar-refractivity contribution in [2.45, 2.75) is 12.4 Å². The number of nitrogens with zero attached hydrogens (tertiary/aromatic N) is 2. The van der Waals surface area contributed by atoms with E-state index >= 15 is 0 Å². The predicted octanol–water partition coefficient (Wildman–Crippen LogP) is 2.61. The van der Waals surface area contributed by atoms with E-state index in [0.717, 1.165) is 25.2 Å². The second-order valence-electron chi connectivity index (χ2n) is 4.57. The number of carboxylic acids is 1. The van der Waals surface area contributed by atoms with E-state index in [-0.39, 0.29) is 0 Å². The van der Waals surface area contributed by atoms with Crippen molar-refractivity contribution in [2.24, 2.45) is 7.05 Å². The summed E-state index contributed by atoms with van der Waals surface area (Å²) < 4.78 is 81.6. The minimum atomic E-state index is -5.11. The SMILES string of the molecule is Cn1nc(C(F)(F)F)c(C(=O)[O-])c1Oc1cccc(C(F)(F)F)c1. The molecule has 0 atom stereocenters. The summed E-state index contributed by atoms with van der Waals surface area (Å²) in [5, 5.41) is 14.0. The summed E-state index contributed by atoms with van der Waals surface area (Å²) in [6.45, 7) is 0.